The van der Waals surface area contributed by atoms with Gasteiger partial charge < -0.3 is 8.98 Å². The van der Waals surface area contributed by atoms with Crippen molar-refractivity contribution in [3.05, 3.63) is 53.7 Å². The first-order valence-electron chi connectivity index (χ1n) is 7.22. The third kappa shape index (κ3) is 2.58. The molecular weight excluding hydrogens is 284 g/mol. The van der Waals surface area contributed by atoms with Crippen LogP contribution in [0.5, 0.6) is 0 Å². The van der Waals surface area contributed by atoms with Gasteiger partial charge in [-0.15, -0.1) is 11.6 Å². The molecule has 0 saturated carbocycles. The summed E-state index contributed by atoms with van der Waals surface area (Å²) in [5.41, 5.74) is 3.39. The van der Waals surface area contributed by atoms with Gasteiger partial charge in [0, 0.05) is 12.5 Å². The van der Waals surface area contributed by atoms with Gasteiger partial charge in [0.1, 0.15) is 11.6 Å². The third-order valence-corrected chi connectivity index (χ3v) is 4.01. The highest BCUT2D eigenvalue weighted by Crippen LogP contribution is 2.31. The van der Waals surface area contributed by atoms with Crippen molar-refractivity contribution in [2.45, 2.75) is 38.6 Å². The Hall–Kier alpha value is -1.74. The summed E-state index contributed by atoms with van der Waals surface area (Å²) in [5.74, 6) is 1.89. The molecule has 0 aliphatic carbocycles. The number of aryl methyl sites for hydroxylation is 1. The molecule has 0 amide bonds. The summed E-state index contributed by atoms with van der Waals surface area (Å²) in [6.07, 6.45) is 2.54. The number of hydrogen-bond donors (Lipinski definition) is 0. The number of halogens is 1. The van der Waals surface area contributed by atoms with Crippen LogP contribution in [0.3, 0.4) is 0 Å². The summed E-state index contributed by atoms with van der Waals surface area (Å²) in [6, 6.07) is 10.4. The summed E-state index contributed by atoms with van der Waals surface area (Å²) >= 11 is 6.35. The van der Waals surface area contributed by atoms with Crippen LogP contribution in [-0.2, 0) is 6.42 Å². The second kappa shape index (κ2) is 5.57. The van der Waals surface area contributed by atoms with Gasteiger partial charge in [-0.1, -0.05) is 12.1 Å². The molecule has 0 radical (unpaired) electrons. The maximum atomic E-state index is 6.35. The Morgan fingerprint density at radius 2 is 2.05 bits per heavy atom. The number of hydrogen-bond acceptors (Lipinski definition) is 2. The van der Waals surface area contributed by atoms with E-state index in [0.717, 1.165) is 23.5 Å². The lowest BCUT2D eigenvalue weighted by atomic mass is 10.1. The van der Waals surface area contributed by atoms with Crippen LogP contribution in [0.25, 0.3) is 11.0 Å². The van der Waals surface area contributed by atoms with E-state index in [1.807, 2.05) is 31.2 Å². The van der Waals surface area contributed by atoms with Gasteiger partial charge in [0.15, 0.2) is 0 Å². The maximum absolute atomic E-state index is 6.35. The Labute approximate surface area is 129 Å². The lowest BCUT2D eigenvalue weighted by Gasteiger charge is -2.18. The summed E-state index contributed by atoms with van der Waals surface area (Å²) in [5, 5.41) is -0.129. The van der Waals surface area contributed by atoms with E-state index in [1.54, 1.807) is 6.26 Å². The maximum Gasteiger partial charge on any atom is 0.127 e. The van der Waals surface area contributed by atoms with E-state index in [1.165, 1.54) is 11.1 Å². The Morgan fingerprint density at radius 1 is 1.24 bits per heavy atom. The van der Waals surface area contributed by atoms with E-state index in [4.69, 9.17) is 21.0 Å². The Bertz CT molecular complexity index is 744. The van der Waals surface area contributed by atoms with Crippen molar-refractivity contribution >= 4 is 22.6 Å². The van der Waals surface area contributed by atoms with Crippen LogP contribution in [-0.4, -0.2) is 9.55 Å². The van der Waals surface area contributed by atoms with E-state index >= 15 is 0 Å². The topological polar surface area (TPSA) is 31.0 Å². The lowest BCUT2D eigenvalue weighted by molar-refractivity contribution is 0.446. The zero-order valence-electron chi connectivity index (χ0n) is 12.5. The molecule has 3 rings (SSSR count). The molecule has 2 aromatic heterocycles. The van der Waals surface area contributed by atoms with Crippen molar-refractivity contribution < 1.29 is 4.42 Å². The second-order valence-electron chi connectivity index (χ2n) is 5.53. The van der Waals surface area contributed by atoms with E-state index in [-0.39, 0.29) is 11.4 Å². The van der Waals surface area contributed by atoms with E-state index in [0.29, 0.717) is 0 Å². The molecule has 110 valence electrons. The van der Waals surface area contributed by atoms with Crippen molar-refractivity contribution in [3.63, 3.8) is 0 Å². The van der Waals surface area contributed by atoms with Gasteiger partial charge in [-0.2, -0.15) is 0 Å². The summed E-state index contributed by atoms with van der Waals surface area (Å²) in [7, 11) is 0. The van der Waals surface area contributed by atoms with Gasteiger partial charge in [-0.3, -0.25) is 0 Å². The van der Waals surface area contributed by atoms with Crippen LogP contribution in [0.2, 0.25) is 0 Å². The predicted octanol–water partition coefficient (Wildman–Crippen LogP) is 5.04. The fraction of sp³-hybridized carbons (Fsp3) is 0.353. The molecule has 3 aromatic rings. The van der Waals surface area contributed by atoms with Gasteiger partial charge in [-0.25, -0.2) is 4.98 Å². The SMILES string of the molecule is Cc1cccc2nc(C(C)Cl)n(C(C)Cc3ccco3)c12. The zero-order valence-corrected chi connectivity index (χ0v) is 13.3. The van der Waals surface area contributed by atoms with Crippen molar-refractivity contribution in [2.24, 2.45) is 0 Å². The molecule has 0 fully saturated rings. The number of rotatable bonds is 4. The molecule has 1 aromatic carbocycles. The molecular formula is C17H19ClN2O. The standard InChI is InChI=1S/C17H19ClN2O/c1-11-6-4-8-15-16(11)20(17(19-15)13(3)18)12(2)10-14-7-5-9-21-14/h4-9,12-13H,10H2,1-3H3. The first-order chi connectivity index (χ1) is 10.1. The quantitative estimate of drug-likeness (QED) is 0.632. The average Bonchev–Trinajstić information content (AvgIpc) is 3.05. The number of fused-ring (bicyclic) bond motifs is 1. The average molecular weight is 303 g/mol. The molecule has 0 spiro atoms. The molecule has 0 aliphatic rings. The van der Waals surface area contributed by atoms with Crippen molar-refractivity contribution in [1.82, 2.24) is 9.55 Å². The Morgan fingerprint density at radius 3 is 2.71 bits per heavy atom. The van der Waals surface area contributed by atoms with Crippen LogP contribution in [0.1, 0.15) is 42.4 Å². The molecule has 21 heavy (non-hydrogen) atoms. The normalized spacial score (nSPS) is 14.5. The van der Waals surface area contributed by atoms with Crippen LogP contribution in [0, 0.1) is 6.92 Å². The van der Waals surface area contributed by atoms with Crippen molar-refractivity contribution in [2.75, 3.05) is 0 Å². The highest BCUT2D eigenvalue weighted by molar-refractivity contribution is 6.20. The van der Waals surface area contributed by atoms with Crippen molar-refractivity contribution in [1.29, 1.82) is 0 Å². The van der Waals surface area contributed by atoms with Gasteiger partial charge in [0.25, 0.3) is 0 Å². The minimum atomic E-state index is -0.129. The largest absolute Gasteiger partial charge is 0.469 e. The number of alkyl halides is 1. The van der Waals surface area contributed by atoms with Crippen LogP contribution in [0.15, 0.2) is 41.0 Å². The predicted molar refractivity (Wildman–Crippen MR) is 85.9 cm³/mol. The van der Waals surface area contributed by atoms with E-state index < -0.39 is 0 Å². The van der Waals surface area contributed by atoms with E-state index in [2.05, 4.69) is 24.5 Å². The molecule has 2 unspecified atom stereocenters. The van der Waals surface area contributed by atoms with Crippen molar-refractivity contribution in [3.8, 4) is 0 Å². The number of nitrogens with zero attached hydrogens (tertiary/aromatic N) is 2. The molecule has 2 atom stereocenters. The summed E-state index contributed by atoms with van der Waals surface area (Å²) < 4.78 is 7.73. The highest BCUT2D eigenvalue weighted by atomic mass is 35.5. The Balaban J connectivity index is 2.12. The highest BCUT2D eigenvalue weighted by Gasteiger charge is 2.20. The number of aromatic nitrogens is 2. The number of benzene rings is 1. The second-order valence-corrected chi connectivity index (χ2v) is 6.19. The molecule has 4 heteroatoms. The number of para-hydroxylation sites is 1. The van der Waals surface area contributed by atoms with Gasteiger partial charge in [-0.05, 0) is 44.5 Å². The number of furan rings is 1. The molecule has 0 aliphatic heterocycles. The minimum Gasteiger partial charge on any atom is -0.469 e. The summed E-state index contributed by atoms with van der Waals surface area (Å²) in [4.78, 5) is 4.72. The smallest absolute Gasteiger partial charge is 0.127 e. The molecule has 3 nitrogen and oxygen atoms in total. The first-order valence-corrected chi connectivity index (χ1v) is 7.65. The minimum absolute atomic E-state index is 0.129. The first kappa shape index (κ1) is 14.2. The fourth-order valence-electron chi connectivity index (χ4n) is 2.88. The molecule has 0 N–H and O–H groups in total. The van der Waals surface area contributed by atoms with Crippen LogP contribution < -0.4 is 0 Å². The van der Waals surface area contributed by atoms with Gasteiger partial charge in [0.05, 0.1) is 22.7 Å². The molecule has 0 saturated heterocycles. The summed E-state index contributed by atoms with van der Waals surface area (Å²) in [6.45, 7) is 6.26. The van der Waals surface area contributed by atoms with Crippen LogP contribution >= 0.6 is 11.6 Å². The lowest BCUT2D eigenvalue weighted by Crippen LogP contribution is -2.12. The monoisotopic (exact) mass is 302 g/mol. The zero-order chi connectivity index (χ0) is 15.0. The number of imidazole rings is 1. The van der Waals surface area contributed by atoms with Gasteiger partial charge in [0.2, 0.25) is 0 Å². The fourth-order valence-corrected chi connectivity index (χ4v) is 3.03. The third-order valence-electron chi connectivity index (χ3n) is 3.81. The van der Waals surface area contributed by atoms with Gasteiger partial charge >= 0.3 is 0 Å². The van der Waals surface area contributed by atoms with Crippen LogP contribution in [0.4, 0.5) is 0 Å². The molecule has 0 bridgehead atoms. The molecule has 2 heterocycles. The Kier molecular flexibility index (Phi) is 3.77. The van der Waals surface area contributed by atoms with E-state index in [9.17, 15) is 0 Å².